The van der Waals surface area contributed by atoms with Crippen LogP contribution < -0.4 is 10.7 Å². The molecule has 3 aromatic rings. The molecule has 1 aliphatic carbocycles. The second kappa shape index (κ2) is 9.27. The van der Waals surface area contributed by atoms with Crippen LogP contribution in [0.2, 0.25) is 5.02 Å². The van der Waals surface area contributed by atoms with Gasteiger partial charge in [0.25, 0.3) is 11.6 Å². The maximum atomic E-state index is 12.8. The Morgan fingerprint density at radius 2 is 1.97 bits per heavy atom. The van der Waals surface area contributed by atoms with Gasteiger partial charge in [0.15, 0.2) is 5.76 Å². The molecular weight excluding hydrogens is 468 g/mol. The summed E-state index contributed by atoms with van der Waals surface area (Å²) in [6.45, 7) is 1.72. The predicted molar refractivity (Wildman–Crippen MR) is 123 cm³/mol. The molecule has 34 heavy (non-hydrogen) atoms. The van der Waals surface area contributed by atoms with E-state index in [1.54, 1.807) is 19.1 Å². The molecular formula is C21H17ClN6O6. The molecule has 4 rings (SSSR count). The Kier molecular flexibility index (Phi) is 6.23. The van der Waals surface area contributed by atoms with Gasteiger partial charge in [0.1, 0.15) is 17.3 Å². The van der Waals surface area contributed by atoms with E-state index in [-0.39, 0.29) is 11.4 Å². The number of amides is 1. The number of nitro groups is 2. The molecule has 0 aliphatic heterocycles. The fourth-order valence-electron chi connectivity index (χ4n) is 3.63. The van der Waals surface area contributed by atoms with Crippen LogP contribution in [0.5, 0.6) is 0 Å². The van der Waals surface area contributed by atoms with Gasteiger partial charge in [0.2, 0.25) is 0 Å². The van der Waals surface area contributed by atoms with Crippen LogP contribution >= 0.6 is 11.6 Å². The SMILES string of the molecule is Cc1c(C(=O)Nc2ccc(Cl)cn2)oc2c1/C(=N/Nc1ccc([N+](=O)[O-])cc1[N+](=O)[O-])CCC2. The van der Waals surface area contributed by atoms with E-state index in [2.05, 4.69) is 20.8 Å². The van der Waals surface area contributed by atoms with Crippen molar-refractivity contribution in [2.45, 2.75) is 26.2 Å². The number of halogens is 1. The number of aryl methyl sites for hydroxylation is 1. The van der Waals surface area contributed by atoms with Crippen molar-refractivity contribution in [3.63, 3.8) is 0 Å². The fraction of sp³-hybridized carbons (Fsp3) is 0.190. The number of non-ortho nitro benzene ring substituents is 1. The number of anilines is 2. The van der Waals surface area contributed by atoms with E-state index in [0.29, 0.717) is 52.7 Å². The van der Waals surface area contributed by atoms with E-state index in [1.165, 1.54) is 12.3 Å². The zero-order chi connectivity index (χ0) is 24.4. The number of nitro benzene ring substituents is 2. The summed E-state index contributed by atoms with van der Waals surface area (Å²) in [5.74, 6) is 0.513. The van der Waals surface area contributed by atoms with Gasteiger partial charge >= 0.3 is 5.69 Å². The third-order valence-electron chi connectivity index (χ3n) is 5.20. The van der Waals surface area contributed by atoms with Gasteiger partial charge in [-0.15, -0.1) is 0 Å². The molecule has 2 heterocycles. The zero-order valence-corrected chi connectivity index (χ0v) is 18.5. The largest absolute Gasteiger partial charge is 0.455 e. The van der Waals surface area contributed by atoms with E-state index >= 15 is 0 Å². The first-order valence-corrected chi connectivity index (χ1v) is 10.4. The molecule has 1 aromatic carbocycles. The van der Waals surface area contributed by atoms with Crippen molar-refractivity contribution in [3.05, 3.63) is 84.4 Å². The van der Waals surface area contributed by atoms with Crippen LogP contribution in [-0.4, -0.2) is 26.4 Å². The summed E-state index contributed by atoms with van der Waals surface area (Å²) < 4.78 is 5.82. The third-order valence-corrected chi connectivity index (χ3v) is 5.42. The first-order valence-electron chi connectivity index (χ1n) is 10.1. The molecule has 13 heteroatoms. The second-order valence-electron chi connectivity index (χ2n) is 7.41. The normalized spacial score (nSPS) is 13.9. The first kappa shape index (κ1) is 22.9. The summed E-state index contributed by atoms with van der Waals surface area (Å²) >= 11 is 5.82. The van der Waals surface area contributed by atoms with Crippen molar-refractivity contribution in [3.8, 4) is 0 Å². The van der Waals surface area contributed by atoms with Crippen molar-refractivity contribution < 1.29 is 19.1 Å². The average Bonchev–Trinajstić information content (AvgIpc) is 3.16. The number of aromatic nitrogens is 1. The average molecular weight is 485 g/mol. The topological polar surface area (TPSA) is 166 Å². The predicted octanol–water partition coefficient (Wildman–Crippen LogP) is 4.86. The molecule has 0 atom stereocenters. The van der Waals surface area contributed by atoms with Crippen LogP contribution in [0.25, 0.3) is 0 Å². The standard InChI is InChI=1S/C21H17ClN6O6/c1-11-19-15(26-25-14-7-6-13(27(30)31)9-16(14)28(32)33)3-2-4-17(19)34-20(11)21(29)24-18-8-5-12(22)10-23-18/h5-10,25H,2-4H2,1H3,(H,23,24,29)/b26-15+. The Morgan fingerprint density at radius 3 is 2.65 bits per heavy atom. The molecule has 1 aliphatic rings. The van der Waals surface area contributed by atoms with Crippen molar-refractivity contribution in [1.29, 1.82) is 0 Å². The molecule has 12 nitrogen and oxygen atoms in total. The summed E-state index contributed by atoms with van der Waals surface area (Å²) in [7, 11) is 0. The number of carbonyl (C=O) groups is 1. The number of nitrogens with one attached hydrogen (secondary N) is 2. The highest BCUT2D eigenvalue weighted by atomic mass is 35.5. The van der Waals surface area contributed by atoms with Gasteiger partial charge in [-0.1, -0.05) is 11.6 Å². The minimum atomic E-state index is -0.724. The monoisotopic (exact) mass is 484 g/mol. The lowest BCUT2D eigenvalue weighted by molar-refractivity contribution is -0.393. The number of carbonyl (C=O) groups excluding carboxylic acids is 1. The Bertz CT molecular complexity index is 1330. The van der Waals surface area contributed by atoms with E-state index in [4.69, 9.17) is 16.0 Å². The number of benzene rings is 1. The van der Waals surface area contributed by atoms with E-state index in [1.807, 2.05) is 0 Å². The van der Waals surface area contributed by atoms with Gasteiger partial charge in [0, 0.05) is 29.8 Å². The van der Waals surface area contributed by atoms with E-state index in [0.717, 1.165) is 12.1 Å². The van der Waals surface area contributed by atoms with Crippen LogP contribution in [0.4, 0.5) is 22.9 Å². The molecule has 174 valence electrons. The van der Waals surface area contributed by atoms with Gasteiger partial charge in [-0.25, -0.2) is 4.98 Å². The lowest BCUT2D eigenvalue weighted by Crippen LogP contribution is -2.15. The van der Waals surface area contributed by atoms with Crippen LogP contribution in [0, 0.1) is 27.2 Å². The van der Waals surface area contributed by atoms with Crippen molar-refractivity contribution in [1.82, 2.24) is 4.98 Å². The number of pyridine rings is 1. The lowest BCUT2D eigenvalue weighted by atomic mass is 9.93. The van der Waals surface area contributed by atoms with Gasteiger partial charge in [-0.3, -0.25) is 30.4 Å². The number of fused-ring (bicyclic) bond motifs is 1. The highest BCUT2D eigenvalue weighted by Gasteiger charge is 2.28. The van der Waals surface area contributed by atoms with Crippen molar-refractivity contribution in [2.24, 2.45) is 5.10 Å². The number of furan rings is 1. The van der Waals surface area contributed by atoms with Crippen molar-refractivity contribution in [2.75, 3.05) is 10.7 Å². The summed E-state index contributed by atoms with van der Waals surface area (Å²) in [4.78, 5) is 37.7. The first-order chi connectivity index (χ1) is 16.2. The van der Waals surface area contributed by atoms with E-state index in [9.17, 15) is 25.0 Å². The Morgan fingerprint density at radius 1 is 1.18 bits per heavy atom. The maximum absolute atomic E-state index is 12.8. The maximum Gasteiger partial charge on any atom is 0.301 e. The smallest absolute Gasteiger partial charge is 0.301 e. The van der Waals surface area contributed by atoms with Gasteiger partial charge in [-0.05, 0) is 38.0 Å². The lowest BCUT2D eigenvalue weighted by Gasteiger charge is -2.13. The summed E-state index contributed by atoms with van der Waals surface area (Å²) in [6, 6.07) is 6.40. The molecule has 0 unspecified atom stereocenters. The Balaban J connectivity index is 1.62. The molecule has 0 fully saturated rings. The number of rotatable bonds is 6. The van der Waals surface area contributed by atoms with Crippen LogP contribution in [0.15, 0.2) is 46.0 Å². The Hall–Kier alpha value is -4.32. The summed E-state index contributed by atoms with van der Waals surface area (Å²) in [5, 5.41) is 29.7. The number of hydrazone groups is 1. The molecule has 2 aromatic heterocycles. The van der Waals surface area contributed by atoms with Crippen LogP contribution in [-0.2, 0) is 6.42 Å². The molecule has 0 spiro atoms. The Labute approximate surface area is 196 Å². The summed E-state index contributed by atoms with van der Waals surface area (Å²) in [5.41, 5.74) is 3.54. The van der Waals surface area contributed by atoms with Crippen LogP contribution in [0.1, 0.15) is 40.3 Å². The molecule has 0 saturated heterocycles. The quantitative estimate of drug-likeness (QED) is 0.369. The van der Waals surface area contributed by atoms with Gasteiger partial charge < -0.3 is 9.73 Å². The highest BCUT2D eigenvalue weighted by molar-refractivity contribution is 6.30. The molecule has 0 bridgehead atoms. The molecule has 0 saturated carbocycles. The zero-order valence-electron chi connectivity index (χ0n) is 17.7. The molecule has 0 radical (unpaired) electrons. The fourth-order valence-corrected chi connectivity index (χ4v) is 3.74. The third kappa shape index (κ3) is 4.57. The van der Waals surface area contributed by atoms with Crippen LogP contribution in [0.3, 0.4) is 0 Å². The molecule has 2 N–H and O–H groups in total. The van der Waals surface area contributed by atoms with E-state index < -0.39 is 27.1 Å². The molecule has 1 amide bonds. The number of nitrogens with zero attached hydrogens (tertiary/aromatic N) is 4. The van der Waals surface area contributed by atoms with Gasteiger partial charge in [0.05, 0.1) is 26.6 Å². The summed E-state index contributed by atoms with van der Waals surface area (Å²) in [6.07, 6.45) is 3.24. The minimum Gasteiger partial charge on any atom is -0.455 e. The minimum absolute atomic E-state index is 0.00292. The van der Waals surface area contributed by atoms with Crippen molar-refractivity contribution >= 4 is 46.1 Å². The van der Waals surface area contributed by atoms with Gasteiger partial charge in [-0.2, -0.15) is 5.10 Å². The number of hydrogen-bond donors (Lipinski definition) is 2. The highest BCUT2D eigenvalue weighted by Crippen LogP contribution is 2.32. The number of hydrogen-bond acceptors (Lipinski definition) is 9. The second-order valence-corrected chi connectivity index (χ2v) is 7.85.